The molecule has 1 aliphatic carbocycles. The Hall–Kier alpha value is -1.77. The summed E-state index contributed by atoms with van der Waals surface area (Å²) in [7, 11) is 0. The molecule has 2 nitrogen and oxygen atoms in total. The summed E-state index contributed by atoms with van der Waals surface area (Å²) in [6.07, 6.45) is 20.6. The number of hydrogen-bond donors (Lipinski definition) is 0. The van der Waals surface area contributed by atoms with Gasteiger partial charge in [-0.3, -0.25) is 0 Å². The molecule has 0 saturated heterocycles. The van der Waals surface area contributed by atoms with Crippen molar-refractivity contribution in [1.82, 2.24) is 9.97 Å². The van der Waals surface area contributed by atoms with Crippen LogP contribution in [0.3, 0.4) is 0 Å². The van der Waals surface area contributed by atoms with Gasteiger partial charge in [-0.2, -0.15) is 4.39 Å². The van der Waals surface area contributed by atoms with Gasteiger partial charge in [-0.05, 0) is 42.2 Å². The molecular weight excluding hydrogens is 395 g/mol. The monoisotopic (exact) mass is 438 g/mol. The average molecular weight is 439 g/mol. The maximum Gasteiger partial charge on any atom is 0.224 e. The summed E-state index contributed by atoms with van der Waals surface area (Å²) in [4.78, 5) is 8.72. The molecule has 1 aromatic heterocycles. The number of hydrogen-bond acceptors (Lipinski definition) is 2. The number of unbranched alkanes of at least 4 members (excludes halogenated alkanes) is 5. The maximum absolute atomic E-state index is 14.7. The van der Waals surface area contributed by atoms with Crippen molar-refractivity contribution in [1.29, 1.82) is 0 Å². The molecule has 0 spiro atoms. The lowest BCUT2D eigenvalue weighted by molar-refractivity contribution is 0.249. The second-order valence-electron chi connectivity index (χ2n) is 9.92. The fourth-order valence-electron chi connectivity index (χ4n) is 5.13. The molecule has 1 heterocycles. The van der Waals surface area contributed by atoms with Crippen LogP contribution in [0.4, 0.5) is 4.39 Å². The molecule has 1 fully saturated rings. The van der Waals surface area contributed by atoms with E-state index in [0.717, 1.165) is 36.7 Å². The van der Waals surface area contributed by atoms with Gasteiger partial charge < -0.3 is 0 Å². The Morgan fingerprint density at radius 2 is 1.44 bits per heavy atom. The third-order valence-corrected chi connectivity index (χ3v) is 7.33. The molecule has 0 N–H and O–H groups in total. The summed E-state index contributed by atoms with van der Waals surface area (Å²) >= 11 is 0. The number of halogens is 1. The van der Waals surface area contributed by atoms with Crippen molar-refractivity contribution in [3.63, 3.8) is 0 Å². The zero-order chi connectivity index (χ0) is 22.6. The molecule has 0 radical (unpaired) electrons. The normalized spacial score (nSPS) is 18.7. The number of nitrogens with zero attached hydrogens (tertiary/aromatic N) is 2. The molecular formula is C29H43FN2. The van der Waals surface area contributed by atoms with Crippen molar-refractivity contribution in [3.05, 3.63) is 47.8 Å². The first-order valence-corrected chi connectivity index (χ1v) is 13.3. The maximum atomic E-state index is 14.7. The first-order valence-electron chi connectivity index (χ1n) is 13.3. The van der Waals surface area contributed by atoms with Crippen LogP contribution in [-0.4, -0.2) is 9.97 Å². The van der Waals surface area contributed by atoms with Gasteiger partial charge in [-0.1, -0.05) is 109 Å². The Labute approximate surface area is 195 Å². The van der Waals surface area contributed by atoms with Gasteiger partial charge in [-0.15, -0.1) is 0 Å². The van der Waals surface area contributed by atoms with Crippen molar-refractivity contribution in [3.8, 4) is 11.1 Å². The molecule has 1 saturated carbocycles. The zero-order valence-electron chi connectivity index (χ0n) is 20.4. The van der Waals surface area contributed by atoms with Crippen molar-refractivity contribution in [2.24, 2.45) is 11.8 Å². The lowest BCUT2D eigenvalue weighted by atomic mass is 9.78. The Bertz CT molecular complexity index is 778. The molecule has 3 rings (SSSR count). The Morgan fingerprint density at radius 3 is 2.09 bits per heavy atom. The van der Waals surface area contributed by atoms with E-state index in [9.17, 15) is 4.39 Å². The van der Waals surface area contributed by atoms with E-state index in [0.29, 0.717) is 11.4 Å². The SMILES string of the molecule is CCCCCCCc1ccc(-c2cnc(CC[C@H]3CC[C@H](CCCC)CC3)nc2F)cc1. The minimum absolute atomic E-state index is 0.384. The van der Waals surface area contributed by atoms with Crippen LogP contribution in [0.5, 0.6) is 0 Å². The second kappa shape index (κ2) is 13.7. The Morgan fingerprint density at radius 1 is 0.781 bits per heavy atom. The van der Waals surface area contributed by atoms with Gasteiger partial charge in [-0.25, -0.2) is 9.97 Å². The van der Waals surface area contributed by atoms with E-state index < -0.39 is 0 Å². The van der Waals surface area contributed by atoms with Gasteiger partial charge in [0.15, 0.2) is 0 Å². The molecule has 0 bridgehead atoms. The topological polar surface area (TPSA) is 25.8 Å². The van der Waals surface area contributed by atoms with Crippen LogP contribution in [0, 0.1) is 17.8 Å². The minimum atomic E-state index is -0.384. The summed E-state index contributed by atoms with van der Waals surface area (Å²) in [6, 6.07) is 8.28. The smallest absolute Gasteiger partial charge is 0.224 e. The highest BCUT2D eigenvalue weighted by molar-refractivity contribution is 5.62. The van der Waals surface area contributed by atoms with Crippen LogP contribution in [0.2, 0.25) is 0 Å². The molecule has 3 heteroatoms. The molecule has 0 aliphatic heterocycles. The third kappa shape index (κ3) is 7.98. The lowest BCUT2D eigenvalue weighted by Crippen LogP contribution is -2.15. The van der Waals surface area contributed by atoms with Crippen LogP contribution >= 0.6 is 0 Å². The van der Waals surface area contributed by atoms with Crippen LogP contribution in [0.1, 0.15) is 109 Å². The summed E-state index contributed by atoms with van der Waals surface area (Å²) < 4.78 is 14.7. The van der Waals surface area contributed by atoms with Gasteiger partial charge >= 0.3 is 0 Å². The quantitative estimate of drug-likeness (QED) is 0.231. The standard InChI is InChI=1S/C29H43FN2/c1-3-5-7-8-9-11-24-16-19-26(20-17-24)27-22-31-28(32-29(27)30)21-18-25-14-12-23(13-15-25)10-6-4-2/h16-17,19-20,22-23,25H,3-15,18,21H2,1-2H3/t23-,25-. The van der Waals surface area contributed by atoms with E-state index in [-0.39, 0.29) is 5.95 Å². The van der Waals surface area contributed by atoms with Gasteiger partial charge in [0.2, 0.25) is 5.95 Å². The van der Waals surface area contributed by atoms with Crippen molar-refractivity contribution in [2.75, 3.05) is 0 Å². The van der Waals surface area contributed by atoms with Gasteiger partial charge in [0, 0.05) is 12.6 Å². The highest BCUT2D eigenvalue weighted by atomic mass is 19.1. The van der Waals surface area contributed by atoms with E-state index in [4.69, 9.17) is 0 Å². The summed E-state index contributed by atoms with van der Waals surface area (Å²) in [5, 5.41) is 0. The molecule has 32 heavy (non-hydrogen) atoms. The predicted molar refractivity (Wildman–Crippen MR) is 133 cm³/mol. The van der Waals surface area contributed by atoms with Crippen LogP contribution in [-0.2, 0) is 12.8 Å². The molecule has 1 aliphatic rings. The molecule has 1 aromatic carbocycles. The van der Waals surface area contributed by atoms with E-state index in [1.54, 1.807) is 6.20 Å². The lowest BCUT2D eigenvalue weighted by Gasteiger charge is -2.28. The molecule has 176 valence electrons. The van der Waals surface area contributed by atoms with Crippen LogP contribution < -0.4 is 0 Å². The van der Waals surface area contributed by atoms with Gasteiger partial charge in [0.05, 0.1) is 5.56 Å². The highest BCUT2D eigenvalue weighted by Crippen LogP contribution is 2.34. The second-order valence-corrected chi connectivity index (χ2v) is 9.92. The number of aryl methyl sites for hydroxylation is 2. The number of aromatic nitrogens is 2. The average Bonchev–Trinajstić information content (AvgIpc) is 2.82. The predicted octanol–water partition coefficient (Wildman–Crippen LogP) is 8.72. The fraction of sp³-hybridized carbons (Fsp3) is 0.655. The zero-order valence-corrected chi connectivity index (χ0v) is 20.4. The molecule has 2 aromatic rings. The molecule has 0 amide bonds. The third-order valence-electron chi connectivity index (χ3n) is 7.33. The summed E-state index contributed by atoms with van der Waals surface area (Å²) in [6.45, 7) is 4.52. The fourth-order valence-corrected chi connectivity index (χ4v) is 5.13. The molecule has 0 unspecified atom stereocenters. The van der Waals surface area contributed by atoms with E-state index in [2.05, 4.69) is 35.9 Å². The first-order chi connectivity index (χ1) is 15.7. The van der Waals surface area contributed by atoms with E-state index >= 15 is 0 Å². The van der Waals surface area contributed by atoms with E-state index in [1.165, 1.54) is 82.6 Å². The minimum Gasteiger partial charge on any atom is -0.241 e. The summed E-state index contributed by atoms with van der Waals surface area (Å²) in [5.41, 5.74) is 2.71. The van der Waals surface area contributed by atoms with Crippen molar-refractivity contribution >= 4 is 0 Å². The Balaban J connectivity index is 1.45. The largest absolute Gasteiger partial charge is 0.241 e. The van der Waals surface area contributed by atoms with Crippen molar-refractivity contribution in [2.45, 2.75) is 110 Å². The van der Waals surface area contributed by atoms with Crippen LogP contribution in [0.15, 0.2) is 30.5 Å². The van der Waals surface area contributed by atoms with Crippen molar-refractivity contribution < 1.29 is 4.39 Å². The summed E-state index contributed by atoms with van der Waals surface area (Å²) in [5.74, 6) is 1.97. The first kappa shape index (κ1) is 24.9. The van der Waals surface area contributed by atoms with E-state index in [1.807, 2.05) is 12.1 Å². The van der Waals surface area contributed by atoms with Gasteiger partial charge in [0.1, 0.15) is 5.82 Å². The Kier molecular flexibility index (Phi) is 10.6. The molecule has 0 atom stereocenters. The highest BCUT2D eigenvalue weighted by Gasteiger charge is 2.21. The van der Waals surface area contributed by atoms with Gasteiger partial charge in [0.25, 0.3) is 0 Å². The van der Waals surface area contributed by atoms with Crippen LogP contribution in [0.25, 0.3) is 11.1 Å². The number of rotatable bonds is 13. The number of benzene rings is 1.